The largest absolute Gasteiger partial charge is 0.478 e. The van der Waals surface area contributed by atoms with Crippen molar-refractivity contribution in [3.05, 3.63) is 51.2 Å². The Kier molecular flexibility index (Phi) is 4.44. The average Bonchev–Trinajstić information content (AvgIpc) is 2.89. The van der Waals surface area contributed by atoms with E-state index >= 15 is 0 Å². The number of carbonyl (C=O) groups is 1. The molecule has 0 aliphatic rings. The summed E-state index contributed by atoms with van der Waals surface area (Å²) >= 11 is 7.13. The third kappa shape index (κ3) is 3.37. The van der Waals surface area contributed by atoms with Crippen molar-refractivity contribution >= 4 is 38.9 Å². The van der Waals surface area contributed by atoms with Gasteiger partial charge in [-0.3, -0.25) is 0 Å². The van der Waals surface area contributed by atoms with Crippen LogP contribution in [-0.2, 0) is 16.6 Å². The number of benzene rings is 1. The van der Waals surface area contributed by atoms with Crippen LogP contribution in [-0.4, -0.2) is 19.5 Å². The molecule has 2 rings (SSSR count). The molecule has 0 aliphatic carbocycles. The molecular weight excluding hydrogens is 322 g/mol. The number of rotatable bonds is 5. The zero-order valence-corrected chi connectivity index (χ0v) is 12.4. The van der Waals surface area contributed by atoms with Gasteiger partial charge >= 0.3 is 5.97 Å². The second-order valence-electron chi connectivity index (χ2n) is 3.85. The summed E-state index contributed by atoms with van der Waals surface area (Å²) in [6.45, 7) is 0.158. The fraction of sp³-hybridized carbons (Fsp3) is 0.0833. The van der Waals surface area contributed by atoms with Crippen LogP contribution in [0, 0.1) is 0 Å². The standard InChI is InChI=1S/C12H10ClNO4S2/c13-11-4-3-9(6-10(11)12(15)16)20(17,18)14-7-8-2-1-5-19-8/h1-6,14H,7H2,(H,15,16). The first-order chi connectivity index (χ1) is 9.40. The van der Waals surface area contributed by atoms with Crippen LogP contribution < -0.4 is 4.72 Å². The lowest BCUT2D eigenvalue weighted by Crippen LogP contribution is -2.23. The van der Waals surface area contributed by atoms with Gasteiger partial charge in [-0.25, -0.2) is 17.9 Å². The summed E-state index contributed by atoms with van der Waals surface area (Å²) in [5.74, 6) is -1.27. The summed E-state index contributed by atoms with van der Waals surface area (Å²) < 4.78 is 26.6. The Hall–Kier alpha value is -1.41. The van der Waals surface area contributed by atoms with E-state index in [9.17, 15) is 13.2 Å². The van der Waals surface area contributed by atoms with Crippen molar-refractivity contribution in [3.63, 3.8) is 0 Å². The third-order valence-electron chi connectivity index (χ3n) is 2.50. The van der Waals surface area contributed by atoms with Crippen LogP contribution in [0.25, 0.3) is 0 Å². The molecule has 0 amide bonds. The number of sulfonamides is 1. The molecule has 1 aromatic carbocycles. The van der Waals surface area contributed by atoms with Gasteiger partial charge in [-0.1, -0.05) is 17.7 Å². The van der Waals surface area contributed by atoms with Gasteiger partial charge in [0.15, 0.2) is 0 Å². The fourth-order valence-electron chi connectivity index (χ4n) is 1.50. The molecular formula is C12H10ClNO4S2. The first kappa shape index (κ1) is 15.0. The quantitative estimate of drug-likeness (QED) is 0.882. The summed E-state index contributed by atoms with van der Waals surface area (Å²) in [5, 5.41) is 10.8. The minimum absolute atomic E-state index is 0.00490. The van der Waals surface area contributed by atoms with Gasteiger partial charge in [0.05, 0.1) is 15.5 Å². The van der Waals surface area contributed by atoms with E-state index in [0.717, 1.165) is 10.9 Å². The Morgan fingerprint density at radius 3 is 2.70 bits per heavy atom. The van der Waals surface area contributed by atoms with E-state index in [1.807, 2.05) is 11.4 Å². The second kappa shape index (κ2) is 5.92. The van der Waals surface area contributed by atoms with Crippen LogP contribution in [0.4, 0.5) is 0 Å². The van der Waals surface area contributed by atoms with E-state index < -0.39 is 16.0 Å². The van der Waals surface area contributed by atoms with Crippen LogP contribution in [0.5, 0.6) is 0 Å². The van der Waals surface area contributed by atoms with E-state index in [0.29, 0.717) is 0 Å². The Morgan fingerprint density at radius 1 is 1.35 bits per heavy atom. The van der Waals surface area contributed by atoms with Gasteiger partial charge in [-0.05, 0) is 29.6 Å². The molecule has 0 radical (unpaired) electrons. The van der Waals surface area contributed by atoms with Crippen LogP contribution >= 0.6 is 22.9 Å². The van der Waals surface area contributed by atoms with Crippen molar-refractivity contribution < 1.29 is 18.3 Å². The molecule has 2 N–H and O–H groups in total. The molecule has 8 heteroatoms. The maximum absolute atomic E-state index is 12.1. The van der Waals surface area contributed by atoms with Crippen LogP contribution in [0.1, 0.15) is 15.2 Å². The monoisotopic (exact) mass is 331 g/mol. The average molecular weight is 332 g/mol. The second-order valence-corrected chi connectivity index (χ2v) is 7.06. The predicted molar refractivity (Wildman–Crippen MR) is 76.8 cm³/mol. The van der Waals surface area contributed by atoms with Crippen molar-refractivity contribution in [1.29, 1.82) is 0 Å². The molecule has 106 valence electrons. The van der Waals surface area contributed by atoms with Gasteiger partial charge in [0.25, 0.3) is 0 Å². The molecule has 20 heavy (non-hydrogen) atoms. The maximum atomic E-state index is 12.1. The van der Waals surface area contributed by atoms with E-state index in [1.54, 1.807) is 6.07 Å². The van der Waals surface area contributed by atoms with E-state index in [4.69, 9.17) is 16.7 Å². The molecule has 0 spiro atoms. The highest BCUT2D eigenvalue weighted by atomic mass is 35.5. The summed E-state index contributed by atoms with van der Waals surface area (Å²) in [6.07, 6.45) is 0. The van der Waals surface area contributed by atoms with Crippen LogP contribution in [0.2, 0.25) is 5.02 Å². The van der Waals surface area contributed by atoms with E-state index in [1.165, 1.54) is 23.5 Å². The first-order valence-electron chi connectivity index (χ1n) is 5.45. The molecule has 2 aromatic rings. The molecule has 0 fully saturated rings. The van der Waals surface area contributed by atoms with Crippen LogP contribution in [0.3, 0.4) is 0 Å². The highest BCUT2D eigenvalue weighted by molar-refractivity contribution is 7.89. The molecule has 0 saturated heterocycles. The van der Waals surface area contributed by atoms with Gasteiger partial charge in [-0.2, -0.15) is 0 Å². The van der Waals surface area contributed by atoms with Gasteiger partial charge in [0.2, 0.25) is 10.0 Å². The van der Waals surface area contributed by atoms with Gasteiger partial charge in [-0.15, -0.1) is 11.3 Å². The molecule has 0 aliphatic heterocycles. The Labute approximate surface area is 124 Å². The van der Waals surface area contributed by atoms with Crippen molar-refractivity contribution in [2.45, 2.75) is 11.4 Å². The molecule has 5 nitrogen and oxygen atoms in total. The van der Waals surface area contributed by atoms with E-state index in [2.05, 4.69) is 4.72 Å². The molecule has 0 unspecified atom stereocenters. The summed E-state index contributed by atoms with van der Waals surface area (Å²) in [4.78, 5) is 11.7. The normalized spacial score (nSPS) is 11.4. The zero-order valence-electron chi connectivity index (χ0n) is 10.0. The number of hydrogen-bond donors (Lipinski definition) is 2. The zero-order chi connectivity index (χ0) is 14.8. The molecule has 0 atom stereocenters. The smallest absolute Gasteiger partial charge is 0.337 e. The lowest BCUT2D eigenvalue weighted by atomic mass is 10.2. The molecule has 0 saturated carbocycles. The topological polar surface area (TPSA) is 83.5 Å². The highest BCUT2D eigenvalue weighted by Gasteiger charge is 2.18. The molecule has 1 aromatic heterocycles. The maximum Gasteiger partial charge on any atom is 0.337 e. The van der Waals surface area contributed by atoms with E-state index in [-0.39, 0.29) is 22.0 Å². The lowest BCUT2D eigenvalue weighted by Gasteiger charge is -2.07. The Bertz CT molecular complexity index is 726. The van der Waals surface area contributed by atoms with Gasteiger partial charge in [0.1, 0.15) is 0 Å². The number of nitrogens with one attached hydrogen (secondary N) is 1. The predicted octanol–water partition coefficient (Wildman–Crippen LogP) is 2.58. The Balaban J connectivity index is 2.25. The number of carboxylic acid groups (broad SMARTS) is 1. The summed E-state index contributed by atoms with van der Waals surface area (Å²) in [5.41, 5.74) is -0.245. The van der Waals surface area contributed by atoms with Gasteiger partial charge < -0.3 is 5.11 Å². The highest BCUT2D eigenvalue weighted by Crippen LogP contribution is 2.21. The fourth-order valence-corrected chi connectivity index (χ4v) is 3.46. The first-order valence-corrected chi connectivity index (χ1v) is 8.19. The number of thiophene rings is 1. The van der Waals surface area contributed by atoms with Crippen molar-refractivity contribution in [1.82, 2.24) is 4.72 Å². The summed E-state index contributed by atoms with van der Waals surface area (Å²) in [6, 6.07) is 7.19. The minimum Gasteiger partial charge on any atom is -0.478 e. The van der Waals surface area contributed by atoms with Crippen molar-refractivity contribution in [3.8, 4) is 0 Å². The molecule has 1 heterocycles. The Morgan fingerprint density at radius 2 is 2.10 bits per heavy atom. The number of carboxylic acids is 1. The molecule has 0 bridgehead atoms. The third-order valence-corrected chi connectivity index (χ3v) is 5.10. The lowest BCUT2D eigenvalue weighted by molar-refractivity contribution is 0.0697. The van der Waals surface area contributed by atoms with Crippen molar-refractivity contribution in [2.24, 2.45) is 0 Å². The summed E-state index contributed by atoms with van der Waals surface area (Å²) in [7, 11) is -3.77. The number of halogens is 1. The van der Waals surface area contributed by atoms with Crippen molar-refractivity contribution in [2.75, 3.05) is 0 Å². The van der Waals surface area contributed by atoms with Gasteiger partial charge in [0, 0.05) is 11.4 Å². The number of aromatic carboxylic acids is 1. The SMILES string of the molecule is O=C(O)c1cc(S(=O)(=O)NCc2cccs2)ccc1Cl. The number of hydrogen-bond acceptors (Lipinski definition) is 4. The van der Waals surface area contributed by atoms with Crippen LogP contribution in [0.15, 0.2) is 40.6 Å². The minimum atomic E-state index is -3.77.